The predicted molar refractivity (Wildman–Crippen MR) is 122 cm³/mol. The number of rotatable bonds is 6. The van der Waals surface area contributed by atoms with E-state index < -0.39 is 11.2 Å². The van der Waals surface area contributed by atoms with Gasteiger partial charge in [0.2, 0.25) is 0 Å². The van der Waals surface area contributed by atoms with E-state index in [-0.39, 0.29) is 13.2 Å². The van der Waals surface area contributed by atoms with Crippen molar-refractivity contribution in [3.8, 4) is 5.75 Å². The molecule has 2 saturated heterocycles. The first-order valence-corrected chi connectivity index (χ1v) is 11.2. The number of ether oxygens (including phenoxy) is 2. The molecule has 2 heterocycles. The normalized spacial score (nSPS) is 24.5. The second-order valence-corrected chi connectivity index (χ2v) is 9.09. The van der Waals surface area contributed by atoms with E-state index in [1.807, 2.05) is 30.3 Å². The lowest BCUT2D eigenvalue weighted by atomic mass is 9.89. The maximum atomic E-state index is 11.3. The molecule has 2 N–H and O–H groups in total. The van der Waals surface area contributed by atoms with Gasteiger partial charge in [-0.2, -0.15) is 0 Å². The zero-order chi connectivity index (χ0) is 21.7. The van der Waals surface area contributed by atoms with Crippen molar-refractivity contribution in [3.63, 3.8) is 0 Å². The molecule has 31 heavy (non-hydrogen) atoms. The fourth-order valence-electron chi connectivity index (χ4n) is 4.61. The second kappa shape index (κ2) is 9.57. The lowest BCUT2D eigenvalue weighted by molar-refractivity contribution is -0.0742. The molecule has 0 aliphatic carbocycles. The first-order chi connectivity index (χ1) is 14.9. The zero-order valence-electron chi connectivity index (χ0n) is 18.4. The van der Waals surface area contributed by atoms with Gasteiger partial charge < -0.3 is 24.6 Å². The van der Waals surface area contributed by atoms with E-state index in [4.69, 9.17) is 9.47 Å². The summed E-state index contributed by atoms with van der Waals surface area (Å²) in [5.41, 5.74) is 0.649. The van der Waals surface area contributed by atoms with E-state index in [9.17, 15) is 10.2 Å². The van der Waals surface area contributed by atoms with Crippen molar-refractivity contribution in [2.75, 3.05) is 57.4 Å². The number of nitrogens with zero attached hydrogens (tertiary/aromatic N) is 2. The summed E-state index contributed by atoms with van der Waals surface area (Å²) in [5.74, 6) is 0.730. The Bertz CT molecular complexity index is 838. The molecule has 0 bridgehead atoms. The minimum absolute atomic E-state index is 0.160. The number of piperidine rings is 1. The maximum absolute atomic E-state index is 11.3. The van der Waals surface area contributed by atoms with Crippen LogP contribution < -0.4 is 9.64 Å². The third-order valence-corrected chi connectivity index (χ3v) is 6.36. The summed E-state index contributed by atoms with van der Waals surface area (Å²) >= 11 is 0. The van der Waals surface area contributed by atoms with Crippen LogP contribution in [0.4, 0.5) is 5.69 Å². The molecule has 2 aliphatic rings. The van der Waals surface area contributed by atoms with Crippen molar-refractivity contribution in [1.82, 2.24) is 4.90 Å². The summed E-state index contributed by atoms with van der Waals surface area (Å²) in [4.78, 5) is 4.49. The molecule has 4 rings (SSSR count). The second-order valence-electron chi connectivity index (χ2n) is 9.09. The smallest absolute Gasteiger partial charge is 0.134 e. The van der Waals surface area contributed by atoms with Crippen molar-refractivity contribution in [2.24, 2.45) is 0 Å². The van der Waals surface area contributed by atoms with Crippen molar-refractivity contribution in [2.45, 2.75) is 31.0 Å². The van der Waals surface area contributed by atoms with Crippen molar-refractivity contribution in [1.29, 1.82) is 0 Å². The van der Waals surface area contributed by atoms with Crippen LogP contribution in [0.15, 0.2) is 54.6 Å². The molecule has 1 atom stereocenters. The molecule has 2 fully saturated rings. The lowest BCUT2D eigenvalue weighted by Gasteiger charge is -2.42. The van der Waals surface area contributed by atoms with Gasteiger partial charge in [0, 0.05) is 38.4 Å². The van der Waals surface area contributed by atoms with Crippen LogP contribution in [0.1, 0.15) is 18.4 Å². The van der Waals surface area contributed by atoms with E-state index >= 15 is 0 Å². The standard InChI is InChI=1S/C25H34N2O4/c1-21-7-5-6-10-23(21)27-13-11-24(28,12-14-27)17-26-15-16-30-19-25(29,18-26)20-31-22-8-3-2-4-9-22/h2-10,28-29H,11-20H2,1H3/t25-/m0/s1. The average molecular weight is 427 g/mol. The van der Waals surface area contributed by atoms with Gasteiger partial charge in [0.25, 0.3) is 0 Å². The molecule has 6 heteroatoms. The largest absolute Gasteiger partial charge is 0.490 e. The fourth-order valence-corrected chi connectivity index (χ4v) is 4.61. The molecule has 0 saturated carbocycles. The van der Waals surface area contributed by atoms with Gasteiger partial charge in [-0.1, -0.05) is 36.4 Å². The Morgan fingerprint density at radius 1 is 0.935 bits per heavy atom. The predicted octanol–water partition coefficient (Wildman–Crippen LogP) is 2.47. The monoisotopic (exact) mass is 426 g/mol. The number of aryl methyl sites for hydroxylation is 1. The maximum Gasteiger partial charge on any atom is 0.134 e. The first-order valence-electron chi connectivity index (χ1n) is 11.2. The van der Waals surface area contributed by atoms with Crippen molar-refractivity contribution < 1.29 is 19.7 Å². The van der Waals surface area contributed by atoms with Gasteiger partial charge in [-0.05, 0) is 43.5 Å². The number of β-amino-alcohol motifs (C(OH)–C–C–N with tert-alkyl or cyclic N) is 2. The molecule has 0 amide bonds. The van der Waals surface area contributed by atoms with Crippen LogP contribution in [0.2, 0.25) is 0 Å². The molecular weight excluding hydrogens is 392 g/mol. The van der Waals surface area contributed by atoms with Crippen LogP contribution in [-0.2, 0) is 4.74 Å². The highest BCUT2D eigenvalue weighted by Gasteiger charge is 2.39. The lowest BCUT2D eigenvalue weighted by Crippen LogP contribution is -2.55. The number of hydrogen-bond acceptors (Lipinski definition) is 6. The Morgan fingerprint density at radius 3 is 2.39 bits per heavy atom. The SMILES string of the molecule is Cc1ccccc1N1CCC(O)(CN2CCOC[C@](O)(COc3ccccc3)C2)CC1. The summed E-state index contributed by atoms with van der Waals surface area (Å²) < 4.78 is 11.5. The minimum Gasteiger partial charge on any atom is -0.490 e. The van der Waals surface area contributed by atoms with Crippen LogP contribution in [0.3, 0.4) is 0 Å². The molecule has 168 valence electrons. The summed E-state index contributed by atoms with van der Waals surface area (Å²) in [5, 5.41) is 22.4. The van der Waals surface area contributed by atoms with E-state index in [1.165, 1.54) is 11.3 Å². The summed E-state index contributed by atoms with van der Waals surface area (Å²) in [6, 6.07) is 17.9. The molecule has 2 aliphatic heterocycles. The van der Waals surface area contributed by atoms with Crippen LogP contribution in [0, 0.1) is 6.92 Å². The van der Waals surface area contributed by atoms with Gasteiger partial charge in [-0.15, -0.1) is 0 Å². The van der Waals surface area contributed by atoms with Gasteiger partial charge in [0.1, 0.15) is 18.0 Å². The Hall–Kier alpha value is -2.12. The molecule has 0 unspecified atom stereocenters. The Kier molecular flexibility index (Phi) is 6.82. The van der Waals surface area contributed by atoms with Gasteiger partial charge in [0.15, 0.2) is 0 Å². The molecule has 0 aromatic heterocycles. The molecule has 0 radical (unpaired) electrons. The third kappa shape index (κ3) is 5.77. The number of hydrogen-bond donors (Lipinski definition) is 2. The zero-order valence-corrected chi connectivity index (χ0v) is 18.4. The minimum atomic E-state index is -1.11. The van der Waals surface area contributed by atoms with E-state index in [2.05, 4.69) is 41.0 Å². The molecule has 6 nitrogen and oxygen atoms in total. The van der Waals surface area contributed by atoms with Crippen molar-refractivity contribution >= 4 is 5.69 Å². The van der Waals surface area contributed by atoms with Crippen LogP contribution in [0.25, 0.3) is 0 Å². The van der Waals surface area contributed by atoms with Crippen LogP contribution >= 0.6 is 0 Å². The average Bonchev–Trinajstić information content (AvgIpc) is 2.95. The Balaban J connectivity index is 1.34. The van der Waals surface area contributed by atoms with Crippen molar-refractivity contribution in [3.05, 3.63) is 60.2 Å². The van der Waals surface area contributed by atoms with E-state index in [1.54, 1.807) is 0 Å². The number of aliphatic hydroxyl groups is 2. The number of anilines is 1. The van der Waals surface area contributed by atoms with E-state index in [0.717, 1.165) is 18.8 Å². The Labute approximate surface area is 185 Å². The van der Waals surface area contributed by atoms with Gasteiger partial charge in [-0.25, -0.2) is 0 Å². The fraction of sp³-hybridized carbons (Fsp3) is 0.520. The molecular formula is C25H34N2O4. The highest BCUT2D eigenvalue weighted by molar-refractivity contribution is 5.53. The first kappa shape index (κ1) is 22.1. The van der Waals surface area contributed by atoms with Gasteiger partial charge in [-0.3, -0.25) is 4.90 Å². The molecule has 2 aromatic rings. The highest BCUT2D eigenvalue weighted by atomic mass is 16.5. The third-order valence-electron chi connectivity index (χ3n) is 6.36. The van der Waals surface area contributed by atoms with Crippen LogP contribution in [0.5, 0.6) is 5.75 Å². The Morgan fingerprint density at radius 2 is 1.65 bits per heavy atom. The summed E-state index contributed by atoms with van der Waals surface area (Å²) in [7, 11) is 0. The highest BCUT2D eigenvalue weighted by Crippen LogP contribution is 2.29. The number of benzene rings is 2. The van der Waals surface area contributed by atoms with Gasteiger partial charge >= 0.3 is 0 Å². The van der Waals surface area contributed by atoms with Gasteiger partial charge in [0.05, 0.1) is 18.8 Å². The quantitative estimate of drug-likeness (QED) is 0.740. The number of para-hydroxylation sites is 2. The molecule has 2 aromatic carbocycles. The van der Waals surface area contributed by atoms with E-state index in [0.29, 0.717) is 39.1 Å². The summed E-state index contributed by atoms with van der Waals surface area (Å²) in [6.07, 6.45) is 1.41. The topological polar surface area (TPSA) is 65.4 Å². The summed E-state index contributed by atoms with van der Waals surface area (Å²) in [6.45, 7) is 6.36. The molecule has 0 spiro atoms. The van der Waals surface area contributed by atoms with Crippen LogP contribution in [-0.4, -0.2) is 78.9 Å².